The average molecular weight is 435 g/mol. The fourth-order valence-corrected chi connectivity index (χ4v) is 5.32. The van der Waals surface area contributed by atoms with E-state index in [1.54, 1.807) is 29.3 Å². The van der Waals surface area contributed by atoms with Gasteiger partial charge < -0.3 is 4.90 Å². The van der Waals surface area contributed by atoms with Crippen molar-refractivity contribution < 1.29 is 0 Å². The zero-order chi connectivity index (χ0) is 20.2. The molecule has 0 saturated carbocycles. The molecule has 6 nitrogen and oxygen atoms in total. The van der Waals surface area contributed by atoms with Gasteiger partial charge in [0.1, 0.15) is 5.01 Å². The van der Waals surface area contributed by atoms with Gasteiger partial charge >= 0.3 is 0 Å². The van der Waals surface area contributed by atoms with Crippen molar-refractivity contribution in [1.82, 2.24) is 24.7 Å². The van der Waals surface area contributed by atoms with Gasteiger partial charge in [0, 0.05) is 30.4 Å². The Bertz CT molecular complexity index is 1090. The lowest BCUT2D eigenvalue weighted by atomic mass is 10.1. The predicted octanol–water partition coefficient (Wildman–Crippen LogP) is 5.07. The zero-order valence-corrected chi connectivity index (χ0v) is 18.1. The van der Waals surface area contributed by atoms with Crippen molar-refractivity contribution in [3.8, 4) is 16.4 Å². The van der Waals surface area contributed by atoms with E-state index in [2.05, 4.69) is 54.3 Å². The Morgan fingerprint density at radius 1 is 0.933 bits per heavy atom. The maximum atomic E-state index is 4.76. The van der Waals surface area contributed by atoms with Crippen LogP contribution < -0.4 is 4.90 Å². The van der Waals surface area contributed by atoms with Crippen LogP contribution in [0.4, 0.5) is 5.95 Å². The number of thioether (sulfide) groups is 1. The summed E-state index contributed by atoms with van der Waals surface area (Å²) in [5.41, 5.74) is 3.05. The molecule has 1 saturated heterocycles. The first kappa shape index (κ1) is 19.3. The van der Waals surface area contributed by atoms with Crippen LogP contribution in [0.2, 0.25) is 0 Å². The van der Waals surface area contributed by atoms with Crippen molar-refractivity contribution in [3.63, 3.8) is 0 Å². The maximum absolute atomic E-state index is 4.76. The van der Waals surface area contributed by atoms with Crippen LogP contribution in [0.5, 0.6) is 0 Å². The quantitative estimate of drug-likeness (QED) is 0.395. The topological polar surface area (TPSA) is 59.7 Å². The number of piperidine rings is 1. The van der Waals surface area contributed by atoms with E-state index in [0.29, 0.717) is 0 Å². The number of hydrogen-bond acceptors (Lipinski definition) is 7. The van der Waals surface area contributed by atoms with Crippen LogP contribution in [0.25, 0.3) is 16.4 Å². The highest BCUT2D eigenvalue weighted by Crippen LogP contribution is 2.31. The standard InChI is InChI=1S/C22H22N6S2/c1-3-9-18(10-4-1)28-21(27-13-7-2-8-14-27)25-26-22(28)30-16-17-15-29-20(24-17)19-11-5-6-12-23-19/h1,3-6,9-12,15H,2,7-8,13-14,16H2. The van der Waals surface area contributed by atoms with E-state index in [0.717, 1.165) is 52.0 Å². The Balaban J connectivity index is 1.39. The summed E-state index contributed by atoms with van der Waals surface area (Å²) in [6, 6.07) is 16.3. The Labute approximate surface area is 184 Å². The molecule has 0 unspecified atom stereocenters. The van der Waals surface area contributed by atoms with Gasteiger partial charge in [0.15, 0.2) is 5.16 Å². The van der Waals surface area contributed by atoms with Crippen LogP contribution in [0, 0.1) is 0 Å². The molecule has 0 bridgehead atoms. The minimum Gasteiger partial charge on any atom is -0.341 e. The lowest BCUT2D eigenvalue weighted by Gasteiger charge is -2.27. The van der Waals surface area contributed by atoms with Gasteiger partial charge in [-0.2, -0.15) is 0 Å². The summed E-state index contributed by atoms with van der Waals surface area (Å²) >= 11 is 3.30. The number of anilines is 1. The molecular formula is C22H22N6S2. The second-order valence-corrected chi connectivity index (χ2v) is 8.95. The van der Waals surface area contributed by atoms with Crippen molar-refractivity contribution >= 4 is 29.0 Å². The molecule has 4 heterocycles. The molecule has 0 spiro atoms. The molecular weight excluding hydrogens is 412 g/mol. The van der Waals surface area contributed by atoms with E-state index < -0.39 is 0 Å². The predicted molar refractivity (Wildman–Crippen MR) is 122 cm³/mol. The monoisotopic (exact) mass is 434 g/mol. The number of hydrogen-bond donors (Lipinski definition) is 0. The van der Waals surface area contributed by atoms with E-state index in [-0.39, 0.29) is 0 Å². The highest BCUT2D eigenvalue weighted by Gasteiger charge is 2.21. The minimum absolute atomic E-state index is 0.744. The second kappa shape index (κ2) is 8.97. The van der Waals surface area contributed by atoms with Crippen LogP contribution in [0.1, 0.15) is 25.0 Å². The largest absolute Gasteiger partial charge is 0.341 e. The van der Waals surface area contributed by atoms with Gasteiger partial charge in [0.25, 0.3) is 0 Å². The summed E-state index contributed by atoms with van der Waals surface area (Å²) < 4.78 is 2.18. The third-order valence-electron chi connectivity index (χ3n) is 5.05. The van der Waals surface area contributed by atoms with Crippen LogP contribution in [-0.4, -0.2) is 37.8 Å². The van der Waals surface area contributed by atoms with Crippen molar-refractivity contribution in [3.05, 3.63) is 65.8 Å². The van der Waals surface area contributed by atoms with Crippen molar-refractivity contribution in [2.45, 2.75) is 30.2 Å². The molecule has 1 aliphatic rings. The highest BCUT2D eigenvalue weighted by molar-refractivity contribution is 7.98. The fourth-order valence-electron chi connectivity index (χ4n) is 3.58. The van der Waals surface area contributed by atoms with Crippen LogP contribution >= 0.6 is 23.1 Å². The molecule has 1 fully saturated rings. The Hall–Kier alpha value is -2.71. The summed E-state index contributed by atoms with van der Waals surface area (Å²) in [6.07, 6.45) is 5.51. The van der Waals surface area contributed by atoms with Crippen LogP contribution in [0.3, 0.4) is 0 Å². The molecule has 30 heavy (non-hydrogen) atoms. The first-order chi connectivity index (χ1) is 14.9. The number of thiazole rings is 1. The summed E-state index contributed by atoms with van der Waals surface area (Å²) in [4.78, 5) is 11.5. The van der Waals surface area contributed by atoms with Crippen LogP contribution in [0.15, 0.2) is 65.3 Å². The minimum atomic E-state index is 0.744. The van der Waals surface area contributed by atoms with E-state index in [1.807, 2.05) is 24.3 Å². The molecule has 5 rings (SSSR count). The number of rotatable bonds is 6. The van der Waals surface area contributed by atoms with Gasteiger partial charge in [-0.1, -0.05) is 36.0 Å². The van der Waals surface area contributed by atoms with Crippen molar-refractivity contribution in [2.24, 2.45) is 0 Å². The Morgan fingerprint density at radius 2 is 1.77 bits per heavy atom. The van der Waals surface area contributed by atoms with Crippen molar-refractivity contribution in [1.29, 1.82) is 0 Å². The SMILES string of the molecule is c1ccc(-n2c(SCc3csc(-c4ccccn4)n3)nnc2N2CCCCC2)cc1. The highest BCUT2D eigenvalue weighted by atomic mass is 32.2. The molecule has 8 heteroatoms. The first-order valence-electron chi connectivity index (χ1n) is 10.1. The average Bonchev–Trinajstić information content (AvgIpc) is 3.47. The Morgan fingerprint density at radius 3 is 2.57 bits per heavy atom. The summed E-state index contributed by atoms with van der Waals surface area (Å²) in [6.45, 7) is 2.07. The van der Waals surface area contributed by atoms with E-state index in [9.17, 15) is 0 Å². The maximum Gasteiger partial charge on any atom is 0.232 e. The molecule has 0 amide bonds. The van der Waals surface area contributed by atoms with Gasteiger partial charge in [-0.15, -0.1) is 21.5 Å². The van der Waals surface area contributed by atoms with E-state index in [4.69, 9.17) is 4.98 Å². The van der Waals surface area contributed by atoms with Gasteiger partial charge in [0.2, 0.25) is 5.95 Å². The molecule has 1 aliphatic heterocycles. The number of nitrogens with zero attached hydrogens (tertiary/aromatic N) is 6. The molecule has 0 N–H and O–H groups in total. The number of benzene rings is 1. The molecule has 0 atom stereocenters. The Kier molecular flexibility index (Phi) is 5.76. The van der Waals surface area contributed by atoms with E-state index in [1.165, 1.54) is 19.3 Å². The summed E-state index contributed by atoms with van der Waals surface area (Å²) in [5.74, 6) is 1.68. The van der Waals surface area contributed by atoms with Gasteiger partial charge in [-0.05, 0) is 43.5 Å². The van der Waals surface area contributed by atoms with Crippen molar-refractivity contribution in [2.75, 3.05) is 18.0 Å². The second-order valence-electron chi connectivity index (χ2n) is 7.15. The number of aromatic nitrogens is 5. The molecule has 4 aromatic rings. The first-order valence-corrected chi connectivity index (χ1v) is 12.0. The lowest BCUT2D eigenvalue weighted by Crippen LogP contribution is -2.31. The lowest BCUT2D eigenvalue weighted by molar-refractivity contribution is 0.564. The third-order valence-corrected chi connectivity index (χ3v) is 6.93. The number of para-hydroxylation sites is 1. The molecule has 3 aromatic heterocycles. The number of pyridine rings is 1. The molecule has 0 aliphatic carbocycles. The summed E-state index contributed by atoms with van der Waals surface area (Å²) in [5, 5.41) is 13.1. The fraction of sp³-hybridized carbons (Fsp3) is 0.273. The third kappa shape index (κ3) is 4.11. The molecule has 0 radical (unpaired) electrons. The van der Waals surface area contributed by atoms with Crippen LogP contribution in [-0.2, 0) is 5.75 Å². The smallest absolute Gasteiger partial charge is 0.232 e. The normalized spacial score (nSPS) is 14.2. The van der Waals surface area contributed by atoms with Gasteiger partial charge in [-0.3, -0.25) is 9.55 Å². The van der Waals surface area contributed by atoms with Gasteiger partial charge in [0.05, 0.1) is 17.1 Å². The van der Waals surface area contributed by atoms with E-state index >= 15 is 0 Å². The molecule has 1 aromatic carbocycles. The molecule has 152 valence electrons. The zero-order valence-electron chi connectivity index (χ0n) is 16.5. The van der Waals surface area contributed by atoms with Gasteiger partial charge in [-0.25, -0.2) is 4.98 Å². The summed E-state index contributed by atoms with van der Waals surface area (Å²) in [7, 11) is 0.